The van der Waals surface area contributed by atoms with Gasteiger partial charge in [0.15, 0.2) is 0 Å². The van der Waals surface area contributed by atoms with Gasteiger partial charge in [-0.1, -0.05) is 0 Å². The second-order valence-electron chi connectivity index (χ2n) is 5.41. The number of imide groups is 1. The number of hydrogen-bond donors (Lipinski definition) is 3. The van der Waals surface area contributed by atoms with Crippen LogP contribution < -0.4 is 10.6 Å². The van der Waals surface area contributed by atoms with E-state index in [9.17, 15) is 24.0 Å². The van der Waals surface area contributed by atoms with Crippen LogP contribution in [0.25, 0.3) is 0 Å². The number of hydrogen-bond acceptors (Lipinski definition) is 7. The normalized spacial score (nSPS) is 13.1. The Hall–Kier alpha value is -2.79. The first kappa shape index (κ1) is 22.3. The van der Waals surface area contributed by atoms with Crippen molar-refractivity contribution in [2.75, 3.05) is 46.1 Å². The highest BCUT2D eigenvalue weighted by Crippen LogP contribution is 2.03. The molecule has 11 nitrogen and oxygen atoms in total. The minimum absolute atomic E-state index is 0.0201. The Morgan fingerprint density at radius 2 is 1.48 bits per heavy atom. The second kappa shape index (κ2) is 12.5. The van der Waals surface area contributed by atoms with Gasteiger partial charge >= 0.3 is 5.97 Å². The van der Waals surface area contributed by atoms with Crippen molar-refractivity contribution in [3.05, 3.63) is 12.2 Å². The summed E-state index contributed by atoms with van der Waals surface area (Å²) in [5.74, 6) is -2.66. The van der Waals surface area contributed by atoms with E-state index in [2.05, 4.69) is 10.6 Å². The predicted molar refractivity (Wildman–Crippen MR) is 90.4 cm³/mol. The molecular weight excluding hydrogens is 362 g/mol. The van der Waals surface area contributed by atoms with Gasteiger partial charge < -0.3 is 25.2 Å². The number of rotatable bonds is 14. The van der Waals surface area contributed by atoms with E-state index in [1.807, 2.05) is 0 Å². The first-order valence-electron chi connectivity index (χ1n) is 8.34. The van der Waals surface area contributed by atoms with E-state index >= 15 is 0 Å². The van der Waals surface area contributed by atoms with Gasteiger partial charge in [-0.25, -0.2) is 0 Å². The van der Waals surface area contributed by atoms with Crippen LogP contribution in [0.1, 0.15) is 12.8 Å². The molecule has 0 atom stereocenters. The molecule has 1 aliphatic rings. The Morgan fingerprint density at radius 1 is 0.889 bits per heavy atom. The quantitative estimate of drug-likeness (QED) is 0.230. The molecule has 0 unspecified atom stereocenters. The van der Waals surface area contributed by atoms with E-state index < -0.39 is 30.2 Å². The Kier molecular flexibility index (Phi) is 10.3. The van der Waals surface area contributed by atoms with E-state index in [4.69, 9.17) is 14.6 Å². The van der Waals surface area contributed by atoms with Crippen molar-refractivity contribution in [2.24, 2.45) is 0 Å². The summed E-state index contributed by atoms with van der Waals surface area (Å²) < 4.78 is 10.4. The summed E-state index contributed by atoms with van der Waals surface area (Å²) in [7, 11) is 0. The van der Waals surface area contributed by atoms with Crippen LogP contribution in [0.2, 0.25) is 0 Å². The number of aliphatic carboxylic acids is 1. The summed E-state index contributed by atoms with van der Waals surface area (Å²) in [4.78, 5) is 56.7. The van der Waals surface area contributed by atoms with Crippen molar-refractivity contribution in [1.82, 2.24) is 15.5 Å². The van der Waals surface area contributed by atoms with Crippen LogP contribution in [0.3, 0.4) is 0 Å². The number of ether oxygens (including phenoxy) is 2. The van der Waals surface area contributed by atoms with Gasteiger partial charge in [0.25, 0.3) is 11.8 Å². The zero-order valence-electron chi connectivity index (χ0n) is 14.8. The molecule has 27 heavy (non-hydrogen) atoms. The number of amides is 4. The molecule has 0 bridgehead atoms. The minimum Gasteiger partial charge on any atom is -0.480 e. The molecule has 0 spiro atoms. The summed E-state index contributed by atoms with van der Waals surface area (Å²) in [6.45, 7) is 0.824. The summed E-state index contributed by atoms with van der Waals surface area (Å²) in [6.07, 6.45) is 2.41. The van der Waals surface area contributed by atoms with Crippen LogP contribution in [0.15, 0.2) is 12.2 Å². The number of carbonyl (C=O) groups excluding carboxylic acids is 4. The van der Waals surface area contributed by atoms with Gasteiger partial charge in [0.2, 0.25) is 11.8 Å². The first-order valence-corrected chi connectivity index (χ1v) is 8.34. The van der Waals surface area contributed by atoms with Crippen molar-refractivity contribution in [3.63, 3.8) is 0 Å². The van der Waals surface area contributed by atoms with Crippen molar-refractivity contribution in [3.8, 4) is 0 Å². The molecule has 0 fully saturated rings. The average molecular weight is 385 g/mol. The number of carboxylic acids is 1. The molecule has 0 radical (unpaired) electrons. The Labute approximate surface area is 155 Å². The molecule has 0 aromatic carbocycles. The largest absolute Gasteiger partial charge is 0.480 e. The van der Waals surface area contributed by atoms with E-state index in [1.54, 1.807) is 0 Å². The lowest BCUT2D eigenvalue weighted by Gasteiger charge is -2.13. The molecule has 0 saturated carbocycles. The molecule has 1 rings (SSSR count). The van der Waals surface area contributed by atoms with Crippen molar-refractivity contribution in [2.45, 2.75) is 12.8 Å². The number of nitrogens with zero attached hydrogens (tertiary/aromatic N) is 1. The zero-order chi connectivity index (χ0) is 20.1. The SMILES string of the molecule is O=C(O)CNC(=O)CCOCCOCCNC(=O)CCN1C(=O)C=CC1=O. The summed E-state index contributed by atoms with van der Waals surface area (Å²) >= 11 is 0. The molecule has 0 aromatic heterocycles. The molecular formula is C16H23N3O8. The van der Waals surface area contributed by atoms with Gasteiger partial charge in [0.05, 0.1) is 26.4 Å². The molecule has 150 valence electrons. The van der Waals surface area contributed by atoms with Crippen LogP contribution in [-0.4, -0.2) is 85.7 Å². The third kappa shape index (κ3) is 10.1. The summed E-state index contributed by atoms with van der Waals surface area (Å²) in [5, 5.41) is 13.2. The fourth-order valence-electron chi connectivity index (χ4n) is 1.97. The lowest BCUT2D eigenvalue weighted by molar-refractivity contribution is -0.138. The number of nitrogens with one attached hydrogen (secondary N) is 2. The maximum atomic E-state index is 11.6. The fraction of sp³-hybridized carbons (Fsp3) is 0.562. The Balaban J connectivity index is 1.90. The highest BCUT2D eigenvalue weighted by Gasteiger charge is 2.23. The van der Waals surface area contributed by atoms with Crippen LogP contribution in [0.4, 0.5) is 0 Å². The Bertz CT molecular complexity index is 572. The Morgan fingerprint density at radius 3 is 2.11 bits per heavy atom. The van der Waals surface area contributed by atoms with Gasteiger partial charge in [-0.15, -0.1) is 0 Å². The van der Waals surface area contributed by atoms with E-state index in [1.165, 1.54) is 12.2 Å². The first-order chi connectivity index (χ1) is 12.9. The van der Waals surface area contributed by atoms with Crippen LogP contribution in [0, 0.1) is 0 Å². The molecule has 3 N–H and O–H groups in total. The summed E-state index contributed by atoms with van der Waals surface area (Å²) in [5.41, 5.74) is 0. The second-order valence-corrected chi connectivity index (χ2v) is 5.41. The van der Waals surface area contributed by atoms with E-state index in [0.29, 0.717) is 0 Å². The lowest BCUT2D eigenvalue weighted by Crippen LogP contribution is -2.35. The minimum atomic E-state index is -1.11. The third-order valence-electron chi connectivity index (χ3n) is 3.31. The van der Waals surface area contributed by atoms with Gasteiger partial charge in [0.1, 0.15) is 6.54 Å². The fourth-order valence-corrected chi connectivity index (χ4v) is 1.97. The highest BCUT2D eigenvalue weighted by molar-refractivity contribution is 6.13. The number of carboxylic acid groups (broad SMARTS) is 1. The predicted octanol–water partition coefficient (Wildman–Crippen LogP) is -1.96. The van der Waals surface area contributed by atoms with E-state index in [0.717, 1.165) is 4.90 Å². The molecule has 1 heterocycles. The molecule has 0 aromatic rings. The lowest BCUT2D eigenvalue weighted by atomic mass is 10.3. The maximum absolute atomic E-state index is 11.6. The van der Waals surface area contributed by atoms with Crippen LogP contribution in [0.5, 0.6) is 0 Å². The summed E-state index contributed by atoms with van der Waals surface area (Å²) in [6, 6.07) is 0. The molecule has 4 amide bonds. The highest BCUT2D eigenvalue weighted by atomic mass is 16.5. The molecule has 1 aliphatic heterocycles. The van der Waals surface area contributed by atoms with Gasteiger partial charge in [0, 0.05) is 38.1 Å². The van der Waals surface area contributed by atoms with Crippen molar-refractivity contribution < 1.29 is 38.6 Å². The molecule has 11 heteroatoms. The van der Waals surface area contributed by atoms with Gasteiger partial charge in [-0.3, -0.25) is 28.9 Å². The third-order valence-corrected chi connectivity index (χ3v) is 3.31. The average Bonchev–Trinajstić information content (AvgIpc) is 2.94. The molecule has 0 aliphatic carbocycles. The van der Waals surface area contributed by atoms with Crippen molar-refractivity contribution >= 4 is 29.6 Å². The van der Waals surface area contributed by atoms with Gasteiger partial charge in [-0.2, -0.15) is 0 Å². The zero-order valence-corrected chi connectivity index (χ0v) is 14.8. The van der Waals surface area contributed by atoms with E-state index in [-0.39, 0.29) is 58.3 Å². The molecule has 0 saturated heterocycles. The van der Waals surface area contributed by atoms with Crippen LogP contribution in [-0.2, 0) is 33.4 Å². The van der Waals surface area contributed by atoms with Gasteiger partial charge in [-0.05, 0) is 0 Å². The number of carbonyl (C=O) groups is 5. The van der Waals surface area contributed by atoms with Crippen LogP contribution >= 0.6 is 0 Å². The maximum Gasteiger partial charge on any atom is 0.322 e. The smallest absolute Gasteiger partial charge is 0.322 e. The monoisotopic (exact) mass is 385 g/mol. The topological polar surface area (TPSA) is 151 Å². The van der Waals surface area contributed by atoms with Crippen molar-refractivity contribution in [1.29, 1.82) is 0 Å². The standard InChI is InChI=1S/C16H23N3O8/c20-12(3-6-19-14(22)1-2-15(19)23)17-5-8-27-10-9-26-7-4-13(21)18-11-16(24)25/h1-2H,3-11H2,(H,17,20)(H,18,21)(H,24,25).